The van der Waals surface area contributed by atoms with Gasteiger partial charge in [-0.25, -0.2) is 4.39 Å². The minimum absolute atomic E-state index is 0.0896. The molecule has 0 heterocycles. The summed E-state index contributed by atoms with van der Waals surface area (Å²) in [5, 5.41) is 2.90. The topological polar surface area (TPSA) is 38.3 Å². The fraction of sp³-hybridized carbons (Fsp3) is 0.300. The molecule has 1 aromatic carbocycles. The van der Waals surface area contributed by atoms with Crippen molar-refractivity contribution in [2.45, 2.75) is 6.54 Å². The van der Waals surface area contributed by atoms with E-state index >= 15 is 0 Å². The average molecular weight is 232 g/mol. The van der Waals surface area contributed by atoms with Gasteiger partial charge in [0.25, 0.3) is 0 Å². The highest BCUT2D eigenvalue weighted by atomic mass is 35.5. The standard InChI is InChI=1S/C10H11ClFNO2/c1-15-10(14)6-13-5-7-2-3-8(11)9(12)4-7/h2-4,13H,5-6H2,1H3. The number of benzene rings is 1. The van der Waals surface area contributed by atoms with Gasteiger partial charge in [-0.15, -0.1) is 0 Å². The summed E-state index contributed by atoms with van der Waals surface area (Å²) in [5.74, 6) is -0.821. The van der Waals surface area contributed by atoms with Gasteiger partial charge in [-0.2, -0.15) is 0 Å². The first kappa shape index (κ1) is 11.9. The lowest BCUT2D eigenvalue weighted by molar-refractivity contribution is -0.139. The first-order valence-electron chi connectivity index (χ1n) is 4.35. The molecule has 0 aliphatic heterocycles. The van der Waals surface area contributed by atoms with Crippen LogP contribution >= 0.6 is 11.6 Å². The molecule has 82 valence electrons. The van der Waals surface area contributed by atoms with Crippen LogP contribution in [0.1, 0.15) is 5.56 Å². The number of hydrogen-bond acceptors (Lipinski definition) is 3. The highest BCUT2D eigenvalue weighted by Crippen LogP contribution is 2.15. The number of hydrogen-bond donors (Lipinski definition) is 1. The van der Waals surface area contributed by atoms with E-state index in [9.17, 15) is 9.18 Å². The SMILES string of the molecule is COC(=O)CNCc1ccc(Cl)c(F)c1. The zero-order valence-electron chi connectivity index (χ0n) is 8.22. The molecule has 0 amide bonds. The number of methoxy groups -OCH3 is 1. The van der Waals surface area contributed by atoms with Crippen molar-refractivity contribution in [2.75, 3.05) is 13.7 Å². The van der Waals surface area contributed by atoms with Crippen LogP contribution in [0.2, 0.25) is 5.02 Å². The lowest BCUT2D eigenvalue weighted by atomic mass is 10.2. The lowest BCUT2D eigenvalue weighted by Crippen LogP contribution is -2.23. The second-order valence-corrected chi connectivity index (χ2v) is 3.34. The summed E-state index contributed by atoms with van der Waals surface area (Å²) in [6.45, 7) is 0.490. The molecule has 0 unspecified atom stereocenters. The quantitative estimate of drug-likeness (QED) is 0.803. The molecule has 0 saturated carbocycles. The summed E-state index contributed by atoms with van der Waals surface area (Å²) in [6, 6.07) is 4.49. The van der Waals surface area contributed by atoms with E-state index in [0.717, 1.165) is 5.56 Å². The van der Waals surface area contributed by atoms with E-state index < -0.39 is 5.82 Å². The number of rotatable bonds is 4. The van der Waals surface area contributed by atoms with Gasteiger partial charge in [-0.05, 0) is 17.7 Å². The predicted molar refractivity (Wildman–Crippen MR) is 55.1 cm³/mol. The Morgan fingerprint density at radius 2 is 2.33 bits per heavy atom. The number of halogens is 2. The van der Waals surface area contributed by atoms with Crippen LogP contribution < -0.4 is 5.32 Å². The Morgan fingerprint density at radius 3 is 2.93 bits per heavy atom. The first-order valence-corrected chi connectivity index (χ1v) is 4.72. The zero-order chi connectivity index (χ0) is 11.3. The molecule has 0 aromatic heterocycles. The second-order valence-electron chi connectivity index (χ2n) is 2.93. The number of nitrogens with one attached hydrogen (secondary N) is 1. The van der Waals surface area contributed by atoms with E-state index in [1.807, 2.05) is 0 Å². The minimum Gasteiger partial charge on any atom is -0.468 e. The Kier molecular flexibility index (Phi) is 4.52. The largest absolute Gasteiger partial charge is 0.468 e. The zero-order valence-corrected chi connectivity index (χ0v) is 8.97. The van der Waals surface area contributed by atoms with E-state index in [1.165, 1.54) is 19.2 Å². The van der Waals surface area contributed by atoms with Crippen molar-refractivity contribution in [3.63, 3.8) is 0 Å². The van der Waals surface area contributed by atoms with Crippen LogP contribution in [-0.2, 0) is 16.1 Å². The summed E-state index contributed by atoms with van der Waals surface area (Å²) in [7, 11) is 1.31. The van der Waals surface area contributed by atoms with Crippen molar-refractivity contribution in [3.05, 3.63) is 34.6 Å². The second kappa shape index (κ2) is 5.68. The van der Waals surface area contributed by atoms with E-state index in [2.05, 4.69) is 10.1 Å². The molecule has 0 aliphatic rings. The fourth-order valence-corrected chi connectivity index (χ4v) is 1.15. The molecule has 15 heavy (non-hydrogen) atoms. The van der Waals surface area contributed by atoms with Crippen molar-refractivity contribution < 1.29 is 13.9 Å². The Hall–Kier alpha value is -1.13. The van der Waals surface area contributed by atoms with Gasteiger partial charge in [0.2, 0.25) is 0 Å². The number of carbonyl (C=O) groups is 1. The third-order valence-corrected chi connectivity index (χ3v) is 2.12. The molecular formula is C10H11ClFNO2. The number of ether oxygens (including phenoxy) is 1. The van der Waals surface area contributed by atoms with E-state index in [1.54, 1.807) is 6.07 Å². The van der Waals surface area contributed by atoms with Gasteiger partial charge in [0.1, 0.15) is 5.82 Å². The molecule has 0 aliphatic carbocycles. The molecule has 0 atom stereocenters. The number of carbonyl (C=O) groups excluding carboxylic acids is 1. The number of esters is 1. The highest BCUT2D eigenvalue weighted by molar-refractivity contribution is 6.30. The van der Waals surface area contributed by atoms with Gasteiger partial charge < -0.3 is 10.1 Å². The fourth-order valence-electron chi connectivity index (χ4n) is 1.03. The normalized spacial score (nSPS) is 10.1. The Bertz CT molecular complexity index is 357. The van der Waals surface area contributed by atoms with Gasteiger partial charge in [0.15, 0.2) is 0 Å². The third kappa shape index (κ3) is 3.85. The van der Waals surface area contributed by atoms with Crippen molar-refractivity contribution in [2.24, 2.45) is 0 Å². The van der Waals surface area contributed by atoms with Crippen LogP contribution in [0, 0.1) is 5.82 Å². The molecule has 5 heteroatoms. The smallest absolute Gasteiger partial charge is 0.319 e. The molecule has 0 bridgehead atoms. The summed E-state index contributed by atoms with van der Waals surface area (Å²) in [4.78, 5) is 10.7. The molecule has 1 N–H and O–H groups in total. The molecule has 0 radical (unpaired) electrons. The van der Waals surface area contributed by atoms with Crippen LogP contribution in [0.15, 0.2) is 18.2 Å². The molecule has 0 saturated heterocycles. The highest BCUT2D eigenvalue weighted by Gasteiger charge is 2.02. The van der Waals surface area contributed by atoms with Crippen LogP contribution in [0.3, 0.4) is 0 Å². The summed E-state index contributed by atoms with van der Waals surface area (Å²) >= 11 is 5.52. The summed E-state index contributed by atoms with van der Waals surface area (Å²) < 4.78 is 17.4. The molecule has 1 rings (SSSR count). The Balaban J connectivity index is 2.44. The van der Waals surface area contributed by atoms with Crippen LogP contribution in [-0.4, -0.2) is 19.6 Å². The van der Waals surface area contributed by atoms with Crippen LogP contribution in [0.5, 0.6) is 0 Å². The van der Waals surface area contributed by atoms with Gasteiger partial charge >= 0.3 is 5.97 Å². The third-order valence-electron chi connectivity index (χ3n) is 1.81. The van der Waals surface area contributed by atoms with E-state index in [-0.39, 0.29) is 17.5 Å². The molecular weight excluding hydrogens is 221 g/mol. The van der Waals surface area contributed by atoms with Gasteiger partial charge in [0, 0.05) is 6.54 Å². The van der Waals surface area contributed by atoms with Gasteiger partial charge in [0.05, 0.1) is 18.7 Å². The molecule has 1 aromatic rings. The maximum Gasteiger partial charge on any atom is 0.319 e. The van der Waals surface area contributed by atoms with Crippen molar-refractivity contribution >= 4 is 17.6 Å². The minimum atomic E-state index is -0.464. The molecule has 3 nitrogen and oxygen atoms in total. The van der Waals surface area contributed by atoms with Gasteiger partial charge in [-0.3, -0.25) is 4.79 Å². The molecule has 0 fully saturated rings. The maximum atomic E-state index is 13.0. The predicted octanol–water partition coefficient (Wildman–Crippen LogP) is 1.74. The lowest BCUT2D eigenvalue weighted by Gasteiger charge is -2.04. The Morgan fingerprint density at radius 1 is 1.60 bits per heavy atom. The van der Waals surface area contributed by atoms with Crippen LogP contribution in [0.4, 0.5) is 4.39 Å². The summed E-state index contributed by atoms with van der Waals surface area (Å²) in [5.41, 5.74) is 0.723. The van der Waals surface area contributed by atoms with Crippen LogP contribution in [0.25, 0.3) is 0 Å². The molecule has 0 spiro atoms. The summed E-state index contributed by atoms with van der Waals surface area (Å²) in [6.07, 6.45) is 0. The maximum absolute atomic E-state index is 13.0. The van der Waals surface area contributed by atoms with E-state index in [0.29, 0.717) is 6.54 Å². The Labute approximate surface area is 92.2 Å². The van der Waals surface area contributed by atoms with E-state index in [4.69, 9.17) is 11.6 Å². The van der Waals surface area contributed by atoms with Crippen molar-refractivity contribution in [3.8, 4) is 0 Å². The van der Waals surface area contributed by atoms with Crippen molar-refractivity contribution in [1.29, 1.82) is 0 Å². The first-order chi connectivity index (χ1) is 7.13. The van der Waals surface area contributed by atoms with Gasteiger partial charge in [-0.1, -0.05) is 17.7 Å². The van der Waals surface area contributed by atoms with Crippen molar-refractivity contribution in [1.82, 2.24) is 5.32 Å². The monoisotopic (exact) mass is 231 g/mol. The average Bonchev–Trinajstić information content (AvgIpc) is 2.23.